The van der Waals surface area contributed by atoms with E-state index in [1.807, 2.05) is 30.6 Å². The fraction of sp³-hybridized carbons (Fsp3) is 0.154. The van der Waals surface area contributed by atoms with Crippen LogP contribution in [0.4, 0.5) is 0 Å². The smallest absolute Gasteiger partial charge is 0.0707 e. The second-order valence-corrected chi connectivity index (χ2v) is 7.25. The molecule has 28 heavy (non-hydrogen) atoms. The molecule has 4 aromatic rings. The van der Waals surface area contributed by atoms with Crippen LogP contribution in [0.25, 0.3) is 22.5 Å². The van der Waals surface area contributed by atoms with Crippen LogP contribution in [0.3, 0.4) is 0 Å². The molecule has 0 aliphatic carbocycles. The van der Waals surface area contributed by atoms with E-state index in [-0.39, 0.29) is 0 Å². The zero-order valence-corrected chi connectivity index (χ0v) is 16.4. The van der Waals surface area contributed by atoms with Gasteiger partial charge in [0.1, 0.15) is 0 Å². The lowest BCUT2D eigenvalue weighted by Gasteiger charge is -2.13. The molecule has 0 saturated carbocycles. The van der Waals surface area contributed by atoms with Gasteiger partial charge in [-0.25, -0.2) is 0 Å². The van der Waals surface area contributed by atoms with Gasteiger partial charge in [0.25, 0.3) is 0 Å². The van der Waals surface area contributed by atoms with Gasteiger partial charge in [-0.1, -0.05) is 48.0 Å². The average Bonchev–Trinajstić information content (AvgIpc) is 2.74. The molecule has 2 aromatic carbocycles. The largest absolute Gasteiger partial charge is 0.256 e. The van der Waals surface area contributed by atoms with E-state index in [4.69, 9.17) is 0 Å². The molecular formula is C26H24N2. The molecule has 2 heteroatoms. The Bertz CT molecular complexity index is 1080. The normalized spacial score (nSPS) is 10.8. The lowest BCUT2D eigenvalue weighted by molar-refractivity contribution is 0.960. The van der Waals surface area contributed by atoms with E-state index in [1.165, 1.54) is 33.4 Å². The van der Waals surface area contributed by atoms with Crippen molar-refractivity contribution in [1.82, 2.24) is 9.97 Å². The van der Waals surface area contributed by atoms with E-state index in [9.17, 15) is 0 Å². The Morgan fingerprint density at radius 3 is 2.07 bits per heavy atom. The van der Waals surface area contributed by atoms with E-state index in [0.717, 1.165) is 24.2 Å². The highest BCUT2D eigenvalue weighted by molar-refractivity contribution is 5.66. The molecule has 0 fully saturated rings. The van der Waals surface area contributed by atoms with E-state index in [0.29, 0.717) is 0 Å². The second-order valence-electron chi connectivity index (χ2n) is 7.25. The minimum absolute atomic E-state index is 0.967. The molecule has 0 spiro atoms. The minimum atomic E-state index is 0.967. The van der Waals surface area contributed by atoms with Crippen LogP contribution in [0.5, 0.6) is 0 Å². The molecule has 0 amide bonds. The summed E-state index contributed by atoms with van der Waals surface area (Å²) in [6, 6.07) is 25.5. The standard InChI is InChI=1S/C26H24N2/c1-19-10-11-22(24(17-19)26-18-20(2)14-16-28-26)13-12-21-7-3-4-8-23(21)25-9-5-6-15-27-25/h3-11,14-18H,12-13H2,1-2H3. The number of hydrogen-bond acceptors (Lipinski definition) is 2. The van der Waals surface area contributed by atoms with Crippen LogP contribution in [0.2, 0.25) is 0 Å². The van der Waals surface area contributed by atoms with Crippen LogP contribution in [0.1, 0.15) is 22.3 Å². The van der Waals surface area contributed by atoms with Crippen molar-refractivity contribution in [2.75, 3.05) is 0 Å². The number of aromatic nitrogens is 2. The third-order valence-corrected chi connectivity index (χ3v) is 5.08. The van der Waals surface area contributed by atoms with Crippen molar-refractivity contribution in [3.63, 3.8) is 0 Å². The van der Waals surface area contributed by atoms with E-state index < -0.39 is 0 Å². The van der Waals surface area contributed by atoms with Gasteiger partial charge in [0.15, 0.2) is 0 Å². The van der Waals surface area contributed by atoms with E-state index in [1.54, 1.807) is 0 Å². The van der Waals surface area contributed by atoms with Crippen LogP contribution < -0.4 is 0 Å². The Labute approximate surface area is 167 Å². The summed E-state index contributed by atoms with van der Waals surface area (Å²) < 4.78 is 0. The van der Waals surface area contributed by atoms with Gasteiger partial charge in [-0.15, -0.1) is 0 Å². The van der Waals surface area contributed by atoms with Crippen molar-refractivity contribution in [3.05, 3.63) is 107 Å². The Kier molecular flexibility index (Phi) is 5.29. The second kappa shape index (κ2) is 8.18. The first-order chi connectivity index (χ1) is 13.7. The summed E-state index contributed by atoms with van der Waals surface area (Å²) in [5.74, 6) is 0. The highest BCUT2D eigenvalue weighted by atomic mass is 14.7. The van der Waals surface area contributed by atoms with Gasteiger partial charge < -0.3 is 0 Å². The van der Waals surface area contributed by atoms with Crippen LogP contribution >= 0.6 is 0 Å². The Morgan fingerprint density at radius 2 is 1.29 bits per heavy atom. The quantitative estimate of drug-likeness (QED) is 0.420. The number of pyridine rings is 2. The van der Waals surface area contributed by atoms with Crippen molar-refractivity contribution >= 4 is 0 Å². The molecule has 138 valence electrons. The SMILES string of the molecule is Cc1ccnc(-c2cc(C)ccc2CCc2ccccc2-c2ccccn2)c1. The van der Waals surface area contributed by atoms with Gasteiger partial charge in [-0.3, -0.25) is 9.97 Å². The van der Waals surface area contributed by atoms with Crippen LogP contribution in [0, 0.1) is 13.8 Å². The molecule has 0 saturated heterocycles. The monoisotopic (exact) mass is 364 g/mol. The summed E-state index contributed by atoms with van der Waals surface area (Å²) in [4.78, 5) is 9.16. The summed E-state index contributed by atoms with van der Waals surface area (Å²) in [6.07, 6.45) is 5.68. The number of aryl methyl sites for hydroxylation is 4. The Hall–Kier alpha value is -3.26. The first kappa shape index (κ1) is 18.1. The molecule has 0 unspecified atom stereocenters. The zero-order valence-electron chi connectivity index (χ0n) is 16.4. The van der Waals surface area contributed by atoms with Crippen molar-refractivity contribution in [2.45, 2.75) is 26.7 Å². The van der Waals surface area contributed by atoms with Gasteiger partial charge in [-0.2, -0.15) is 0 Å². The number of nitrogens with zero attached hydrogens (tertiary/aromatic N) is 2. The highest BCUT2D eigenvalue weighted by Crippen LogP contribution is 2.27. The van der Waals surface area contributed by atoms with Gasteiger partial charge >= 0.3 is 0 Å². The molecule has 0 N–H and O–H groups in total. The third kappa shape index (κ3) is 4.01. The van der Waals surface area contributed by atoms with Gasteiger partial charge in [0.2, 0.25) is 0 Å². The summed E-state index contributed by atoms with van der Waals surface area (Å²) in [6.45, 7) is 4.25. The molecule has 0 bridgehead atoms. The van der Waals surface area contributed by atoms with Crippen molar-refractivity contribution in [3.8, 4) is 22.5 Å². The highest BCUT2D eigenvalue weighted by Gasteiger charge is 2.10. The molecule has 2 heterocycles. The molecule has 0 atom stereocenters. The van der Waals surface area contributed by atoms with Crippen molar-refractivity contribution < 1.29 is 0 Å². The third-order valence-electron chi connectivity index (χ3n) is 5.08. The minimum Gasteiger partial charge on any atom is -0.256 e. The maximum Gasteiger partial charge on any atom is 0.0707 e. The molecule has 4 rings (SSSR count). The Morgan fingerprint density at radius 1 is 0.571 bits per heavy atom. The Balaban J connectivity index is 1.65. The molecule has 2 aromatic heterocycles. The first-order valence-electron chi connectivity index (χ1n) is 9.72. The molecule has 0 aliphatic rings. The van der Waals surface area contributed by atoms with Gasteiger partial charge in [0.05, 0.1) is 11.4 Å². The average molecular weight is 364 g/mol. The predicted molar refractivity (Wildman–Crippen MR) is 116 cm³/mol. The summed E-state index contributed by atoms with van der Waals surface area (Å²) in [7, 11) is 0. The maximum atomic E-state index is 4.62. The van der Waals surface area contributed by atoms with Crippen LogP contribution in [-0.2, 0) is 12.8 Å². The summed E-state index contributed by atoms with van der Waals surface area (Å²) in [5.41, 5.74) is 9.68. The predicted octanol–water partition coefficient (Wildman–Crippen LogP) is 6.21. The fourth-order valence-electron chi connectivity index (χ4n) is 3.61. The van der Waals surface area contributed by atoms with E-state index >= 15 is 0 Å². The van der Waals surface area contributed by atoms with Gasteiger partial charge in [0, 0.05) is 23.5 Å². The molecule has 2 nitrogen and oxygen atoms in total. The van der Waals surface area contributed by atoms with Crippen molar-refractivity contribution in [2.24, 2.45) is 0 Å². The van der Waals surface area contributed by atoms with Crippen LogP contribution in [0.15, 0.2) is 85.2 Å². The molecule has 0 radical (unpaired) electrons. The first-order valence-corrected chi connectivity index (χ1v) is 9.72. The lowest BCUT2D eigenvalue weighted by atomic mass is 9.93. The topological polar surface area (TPSA) is 25.8 Å². The molecule has 0 aliphatic heterocycles. The lowest BCUT2D eigenvalue weighted by Crippen LogP contribution is -1.98. The number of benzene rings is 2. The maximum absolute atomic E-state index is 4.62. The fourth-order valence-corrected chi connectivity index (χ4v) is 3.61. The number of rotatable bonds is 5. The van der Waals surface area contributed by atoms with Crippen LogP contribution in [-0.4, -0.2) is 9.97 Å². The summed E-state index contributed by atoms with van der Waals surface area (Å²) >= 11 is 0. The van der Waals surface area contributed by atoms with Crippen molar-refractivity contribution in [1.29, 1.82) is 0 Å². The summed E-state index contributed by atoms with van der Waals surface area (Å²) in [5, 5.41) is 0. The zero-order chi connectivity index (χ0) is 19.3. The van der Waals surface area contributed by atoms with E-state index in [2.05, 4.69) is 78.4 Å². The number of hydrogen-bond donors (Lipinski definition) is 0. The molecular weight excluding hydrogens is 340 g/mol. The van der Waals surface area contributed by atoms with Gasteiger partial charge in [-0.05, 0) is 73.7 Å².